The summed E-state index contributed by atoms with van der Waals surface area (Å²) in [6.45, 7) is 4.16. The zero-order chi connectivity index (χ0) is 13.2. The molecule has 5 nitrogen and oxygen atoms in total. The van der Waals surface area contributed by atoms with Crippen LogP contribution in [-0.4, -0.2) is 26.2 Å². The predicted molar refractivity (Wildman–Crippen MR) is 74.1 cm³/mol. The Balaban J connectivity index is 1.62. The molecular formula is C14H19N5. The maximum atomic E-state index is 4.57. The van der Waals surface area contributed by atoms with Crippen molar-refractivity contribution in [2.24, 2.45) is 0 Å². The highest BCUT2D eigenvalue weighted by Gasteiger charge is 2.26. The number of hydrogen-bond donors (Lipinski definition) is 2. The van der Waals surface area contributed by atoms with E-state index in [1.165, 1.54) is 12.8 Å². The lowest BCUT2D eigenvalue weighted by molar-refractivity contribution is 0.756. The highest BCUT2D eigenvalue weighted by atomic mass is 15.1. The predicted octanol–water partition coefficient (Wildman–Crippen LogP) is 2.43. The van der Waals surface area contributed by atoms with Crippen LogP contribution in [0.2, 0.25) is 0 Å². The number of hydrogen-bond acceptors (Lipinski definition) is 4. The number of aromatic nitrogens is 4. The largest absolute Gasteiger partial charge is 0.367 e. The molecule has 5 heteroatoms. The van der Waals surface area contributed by atoms with E-state index >= 15 is 0 Å². The van der Waals surface area contributed by atoms with Crippen LogP contribution in [-0.2, 0) is 6.42 Å². The van der Waals surface area contributed by atoms with E-state index < -0.39 is 0 Å². The fourth-order valence-electron chi connectivity index (χ4n) is 2.19. The fraction of sp³-hybridized carbons (Fsp3) is 0.500. The van der Waals surface area contributed by atoms with E-state index in [-0.39, 0.29) is 0 Å². The Morgan fingerprint density at radius 2 is 2.32 bits per heavy atom. The van der Waals surface area contributed by atoms with Gasteiger partial charge in [-0.05, 0) is 38.8 Å². The molecule has 1 aliphatic rings. The van der Waals surface area contributed by atoms with Crippen LogP contribution in [0, 0.1) is 6.92 Å². The SMILES string of the molecule is Cc1cc(CC(C)Nc2ccnc(C3CC3)n2)n[nH]1. The molecule has 1 unspecified atom stereocenters. The summed E-state index contributed by atoms with van der Waals surface area (Å²) in [5.41, 5.74) is 2.18. The summed E-state index contributed by atoms with van der Waals surface area (Å²) in [5.74, 6) is 2.48. The second kappa shape index (κ2) is 4.99. The summed E-state index contributed by atoms with van der Waals surface area (Å²) in [5, 5.41) is 10.6. The maximum Gasteiger partial charge on any atom is 0.133 e. The molecule has 0 amide bonds. The van der Waals surface area contributed by atoms with Crippen LogP contribution in [0.4, 0.5) is 5.82 Å². The van der Waals surface area contributed by atoms with Gasteiger partial charge in [-0.1, -0.05) is 0 Å². The van der Waals surface area contributed by atoms with Crippen LogP contribution in [0.3, 0.4) is 0 Å². The highest BCUT2D eigenvalue weighted by molar-refractivity contribution is 5.35. The molecule has 3 rings (SSSR count). The van der Waals surface area contributed by atoms with Gasteiger partial charge in [0.1, 0.15) is 11.6 Å². The number of rotatable bonds is 5. The van der Waals surface area contributed by atoms with Gasteiger partial charge in [0.15, 0.2) is 0 Å². The monoisotopic (exact) mass is 257 g/mol. The number of aromatic amines is 1. The van der Waals surface area contributed by atoms with Crippen molar-refractivity contribution < 1.29 is 0 Å². The van der Waals surface area contributed by atoms with Gasteiger partial charge in [0.05, 0.1) is 5.69 Å². The minimum Gasteiger partial charge on any atom is -0.367 e. The molecule has 2 aromatic heterocycles. The van der Waals surface area contributed by atoms with Gasteiger partial charge >= 0.3 is 0 Å². The van der Waals surface area contributed by atoms with E-state index in [0.717, 1.165) is 29.5 Å². The van der Waals surface area contributed by atoms with Gasteiger partial charge in [-0.2, -0.15) is 5.10 Å². The van der Waals surface area contributed by atoms with Gasteiger partial charge in [-0.25, -0.2) is 9.97 Å². The van der Waals surface area contributed by atoms with E-state index in [9.17, 15) is 0 Å². The van der Waals surface area contributed by atoms with Crippen molar-refractivity contribution in [2.45, 2.75) is 45.1 Å². The molecule has 0 saturated heterocycles. The second-order valence-electron chi connectivity index (χ2n) is 5.37. The molecule has 1 saturated carbocycles. The van der Waals surface area contributed by atoms with Crippen LogP contribution < -0.4 is 5.32 Å². The summed E-state index contributed by atoms with van der Waals surface area (Å²) in [6, 6.07) is 4.30. The van der Waals surface area contributed by atoms with Crippen LogP contribution in [0.5, 0.6) is 0 Å². The van der Waals surface area contributed by atoms with Gasteiger partial charge in [0.25, 0.3) is 0 Å². The summed E-state index contributed by atoms with van der Waals surface area (Å²) in [7, 11) is 0. The van der Waals surface area contributed by atoms with Gasteiger partial charge < -0.3 is 5.32 Å². The van der Waals surface area contributed by atoms with Crippen molar-refractivity contribution in [3.8, 4) is 0 Å². The molecule has 2 N–H and O–H groups in total. The summed E-state index contributed by atoms with van der Waals surface area (Å²) in [6.07, 6.45) is 5.18. The van der Waals surface area contributed by atoms with E-state index in [4.69, 9.17) is 0 Å². The van der Waals surface area contributed by atoms with Crippen molar-refractivity contribution in [2.75, 3.05) is 5.32 Å². The van der Waals surface area contributed by atoms with Crippen LogP contribution >= 0.6 is 0 Å². The number of anilines is 1. The molecule has 1 fully saturated rings. The summed E-state index contributed by atoms with van der Waals surface area (Å²) in [4.78, 5) is 8.90. The zero-order valence-electron chi connectivity index (χ0n) is 11.3. The second-order valence-corrected chi connectivity index (χ2v) is 5.37. The average molecular weight is 257 g/mol. The first-order valence-electron chi connectivity index (χ1n) is 6.81. The van der Waals surface area contributed by atoms with Crippen LogP contribution in [0.1, 0.15) is 42.9 Å². The summed E-state index contributed by atoms with van der Waals surface area (Å²) < 4.78 is 0. The Morgan fingerprint density at radius 3 is 3.00 bits per heavy atom. The molecule has 2 aromatic rings. The first-order chi connectivity index (χ1) is 9.20. The lowest BCUT2D eigenvalue weighted by atomic mass is 10.2. The van der Waals surface area contributed by atoms with E-state index in [1.54, 1.807) is 0 Å². The van der Waals surface area contributed by atoms with Crippen LogP contribution in [0.15, 0.2) is 18.3 Å². The zero-order valence-corrected chi connectivity index (χ0v) is 11.3. The Kier molecular flexibility index (Phi) is 3.19. The first-order valence-corrected chi connectivity index (χ1v) is 6.81. The number of nitrogens with one attached hydrogen (secondary N) is 2. The Labute approximate surface area is 112 Å². The average Bonchev–Trinajstić information content (AvgIpc) is 3.14. The third-order valence-electron chi connectivity index (χ3n) is 3.29. The molecule has 0 spiro atoms. The molecule has 0 aromatic carbocycles. The van der Waals surface area contributed by atoms with Gasteiger partial charge in [-0.3, -0.25) is 5.10 Å². The molecule has 100 valence electrons. The number of H-pyrrole nitrogens is 1. The Morgan fingerprint density at radius 1 is 1.47 bits per heavy atom. The highest BCUT2D eigenvalue weighted by Crippen LogP contribution is 2.38. The van der Waals surface area contributed by atoms with Crippen molar-refractivity contribution in [3.63, 3.8) is 0 Å². The summed E-state index contributed by atoms with van der Waals surface area (Å²) >= 11 is 0. The third-order valence-corrected chi connectivity index (χ3v) is 3.29. The Bertz CT molecular complexity index is 558. The molecule has 0 aliphatic heterocycles. The fourth-order valence-corrected chi connectivity index (χ4v) is 2.19. The molecule has 0 radical (unpaired) electrons. The van der Waals surface area contributed by atoms with E-state index in [0.29, 0.717) is 12.0 Å². The van der Waals surface area contributed by atoms with Crippen molar-refractivity contribution in [3.05, 3.63) is 35.5 Å². The molecular weight excluding hydrogens is 238 g/mol. The quantitative estimate of drug-likeness (QED) is 0.863. The van der Waals surface area contributed by atoms with E-state index in [1.807, 2.05) is 19.2 Å². The minimum absolute atomic E-state index is 0.296. The van der Waals surface area contributed by atoms with Crippen molar-refractivity contribution in [1.29, 1.82) is 0 Å². The van der Waals surface area contributed by atoms with Crippen LogP contribution in [0.25, 0.3) is 0 Å². The molecule has 1 aliphatic carbocycles. The lowest BCUT2D eigenvalue weighted by Gasteiger charge is -2.13. The smallest absolute Gasteiger partial charge is 0.133 e. The number of nitrogens with zero attached hydrogens (tertiary/aromatic N) is 3. The van der Waals surface area contributed by atoms with Crippen molar-refractivity contribution in [1.82, 2.24) is 20.2 Å². The standard InChI is InChI=1S/C14H19N5/c1-9(7-12-8-10(2)18-19-12)16-13-5-6-15-14(17-13)11-3-4-11/h5-6,8-9,11H,3-4,7H2,1-2H3,(H,18,19)(H,15,16,17). The normalized spacial score (nSPS) is 16.3. The lowest BCUT2D eigenvalue weighted by Crippen LogP contribution is -2.19. The van der Waals surface area contributed by atoms with E-state index in [2.05, 4.69) is 38.5 Å². The minimum atomic E-state index is 0.296. The van der Waals surface area contributed by atoms with Gasteiger partial charge in [-0.15, -0.1) is 0 Å². The molecule has 19 heavy (non-hydrogen) atoms. The Hall–Kier alpha value is -1.91. The maximum absolute atomic E-state index is 4.57. The third kappa shape index (κ3) is 3.10. The van der Waals surface area contributed by atoms with Gasteiger partial charge in [0, 0.05) is 30.3 Å². The molecule has 0 bridgehead atoms. The number of aryl methyl sites for hydroxylation is 1. The molecule has 2 heterocycles. The van der Waals surface area contributed by atoms with Gasteiger partial charge in [0.2, 0.25) is 0 Å². The van der Waals surface area contributed by atoms with Crippen molar-refractivity contribution >= 4 is 5.82 Å². The molecule has 1 atom stereocenters. The topological polar surface area (TPSA) is 66.5 Å². The first kappa shape index (κ1) is 12.1.